The molecule has 2 unspecified atom stereocenters. The summed E-state index contributed by atoms with van der Waals surface area (Å²) in [5.41, 5.74) is 6.70. The van der Waals surface area contributed by atoms with Gasteiger partial charge >= 0.3 is 0 Å². The lowest BCUT2D eigenvalue weighted by atomic mass is 10.1. The number of thiocarbonyl (C=S) groups is 1. The van der Waals surface area contributed by atoms with Crippen LogP contribution in [0.3, 0.4) is 0 Å². The Balaban J connectivity index is 2.14. The van der Waals surface area contributed by atoms with E-state index in [4.69, 9.17) is 22.7 Å². The number of benzene rings is 1. The fourth-order valence-electron chi connectivity index (χ4n) is 2.59. The first kappa shape index (κ1) is 15.9. The number of nitrogens with zero attached hydrogens (tertiary/aromatic N) is 1. The van der Waals surface area contributed by atoms with Gasteiger partial charge in [-0.1, -0.05) is 42.5 Å². The summed E-state index contributed by atoms with van der Waals surface area (Å²) in [6, 6.07) is 9.97. The zero-order valence-electron chi connectivity index (χ0n) is 12.3. The molecule has 0 aliphatic carbocycles. The van der Waals surface area contributed by atoms with Gasteiger partial charge in [-0.05, 0) is 25.3 Å². The van der Waals surface area contributed by atoms with Gasteiger partial charge in [-0.2, -0.15) is 0 Å². The molecule has 0 spiro atoms. The third-order valence-electron chi connectivity index (χ3n) is 3.84. The van der Waals surface area contributed by atoms with Crippen molar-refractivity contribution in [1.82, 2.24) is 4.90 Å². The van der Waals surface area contributed by atoms with Crippen LogP contribution in [0.1, 0.15) is 37.8 Å². The van der Waals surface area contributed by atoms with Crippen LogP contribution in [0, 0.1) is 0 Å². The third-order valence-corrected chi connectivity index (χ3v) is 4.04. The second-order valence-corrected chi connectivity index (χ2v) is 5.86. The number of nitrogens with two attached hydrogens (primary N) is 1. The molecule has 1 saturated heterocycles. The fraction of sp³-hybridized carbons (Fsp3) is 0.500. The van der Waals surface area contributed by atoms with Gasteiger partial charge in [0.05, 0.1) is 11.0 Å². The molecule has 0 radical (unpaired) electrons. The molecule has 1 aromatic carbocycles. The molecule has 1 fully saturated rings. The molecule has 2 rings (SSSR count). The van der Waals surface area contributed by atoms with Crippen molar-refractivity contribution in [2.75, 3.05) is 13.2 Å². The zero-order chi connectivity index (χ0) is 15.2. The van der Waals surface area contributed by atoms with E-state index in [-0.39, 0.29) is 18.1 Å². The molecule has 1 aromatic rings. The van der Waals surface area contributed by atoms with E-state index >= 15 is 0 Å². The summed E-state index contributed by atoms with van der Waals surface area (Å²) in [6.07, 6.45) is 1.95. The van der Waals surface area contributed by atoms with Crippen LogP contribution in [-0.2, 0) is 9.53 Å². The van der Waals surface area contributed by atoms with Crippen molar-refractivity contribution < 1.29 is 9.53 Å². The maximum absolute atomic E-state index is 12.7. The smallest absolute Gasteiger partial charge is 0.252 e. The standard InChI is InChI=1S/C16H22N2O2S/c1-12(13-6-3-2-4-7-13)18(10-9-15(17)21)16(19)14-8-5-11-20-14/h2-4,6-7,12,14H,5,8-11H2,1H3,(H2,17,21). The SMILES string of the molecule is CC(c1ccccc1)N(CCC(N)=S)C(=O)C1CCCO1. The molecule has 4 nitrogen and oxygen atoms in total. The largest absolute Gasteiger partial charge is 0.393 e. The summed E-state index contributed by atoms with van der Waals surface area (Å²) < 4.78 is 5.53. The van der Waals surface area contributed by atoms with Crippen LogP contribution in [0.2, 0.25) is 0 Å². The molecular weight excluding hydrogens is 284 g/mol. The average Bonchev–Trinajstić information content (AvgIpc) is 3.02. The number of carbonyl (C=O) groups excluding carboxylic acids is 1. The molecule has 2 atom stereocenters. The van der Waals surface area contributed by atoms with Crippen molar-refractivity contribution in [3.05, 3.63) is 35.9 Å². The van der Waals surface area contributed by atoms with E-state index < -0.39 is 0 Å². The van der Waals surface area contributed by atoms with Crippen LogP contribution in [0.5, 0.6) is 0 Å². The summed E-state index contributed by atoms with van der Waals surface area (Å²) in [5, 5.41) is 0. The molecule has 1 amide bonds. The molecule has 0 saturated carbocycles. The minimum atomic E-state index is -0.317. The first-order chi connectivity index (χ1) is 10.1. The first-order valence-corrected chi connectivity index (χ1v) is 7.75. The Labute approximate surface area is 131 Å². The minimum Gasteiger partial charge on any atom is -0.393 e. The number of hydrogen-bond donors (Lipinski definition) is 1. The topological polar surface area (TPSA) is 55.6 Å². The summed E-state index contributed by atoms with van der Waals surface area (Å²) in [7, 11) is 0. The Kier molecular flexibility index (Phi) is 5.70. The van der Waals surface area contributed by atoms with Crippen LogP contribution < -0.4 is 5.73 Å². The predicted molar refractivity (Wildman–Crippen MR) is 86.9 cm³/mol. The monoisotopic (exact) mass is 306 g/mol. The Morgan fingerprint density at radius 2 is 2.19 bits per heavy atom. The quantitative estimate of drug-likeness (QED) is 0.820. The van der Waals surface area contributed by atoms with Crippen LogP contribution in [-0.4, -0.2) is 35.1 Å². The lowest BCUT2D eigenvalue weighted by molar-refractivity contribution is -0.143. The number of amides is 1. The maximum atomic E-state index is 12.7. The van der Waals surface area contributed by atoms with Crippen molar-refractivity contribution in [3.8, 4) is 0 Å². The van der Waals surface area contributed by atoms with Crippen LogP contribution in [0.15, 0.2) is 30.3 Å². The number of hydrogen-bond acceptors (Lipinski definition) is 3. The van der Waals surface area contributed by atoms with E-state index in [1.54, 1.807) is 0 Å². The number of carbonyl (C=O) groups is 1. The molecular formula is C16H22N2O2S. The Bertz CT molecular complexity index is 486. The molecule has 0 bridgehead atoms. The van der Waals surface area contributed by atoms with Gasteiger partial charge in [-0.3, -0.25) is 4.79 Å². The van der Waals surface area contributed by atoms with Gasteiger partial charge < -0.3 is 15.4 Å². The summed E-state index contributed by atoms with van der Waals surface area (Å²) >= 11 is 4.95. The molecule has 21 heavy (non-hydrogen) atoms. The van der Waals surface area contributed by atoms with E-state index in [0.717, 1.165) is 18.4 Å². The van der Waals surface area contributed by atoms with Gasteiger partial charge in [0.25, 0.3) is 5.91 Å². The molecule has 1 aliphatic heterocycles. The van der Waals surface area contributed by atoms with Gasteiger partial charge in [0.2, 0.25) is 0 Å². The summed E-state index contributed by atoms with van der Waals surface area (Å²) in [6.45, 7) is 3.23. The normalized spacial score (nSPS) is 19.2. The fourth-order valence-corrected chi connectivity index (χ4v) is 2.69. The second-order valence-electron chi connectivity index (χ2n) is 5.34. The van der Waals surface area contributed by atoms with Crippen molar-refractivity contribution in [3.63, 3.8) is 0 Å². The van der Waals surface area contributed by atoms with Crippen molar-refractivity contribution in [1.29, 1.82) is 0 Å². The molecule has 0 aromatic heterocycles. The molecule has 1 heterocycles. The Morgan fingerprint density at radius 3 is 2.76 bits per heavy atom. The van der Waals surface area contributed by atoms with E-state index in [1.807, 2.05) is 42.2 Å². The van der Waals surface area contributed by atoms with Crippen molar-refractivity contribution >= 4 is 23.1 Å². The van der Waals surface area contributed by atoms with E-state index in [1.165, 1.54) is 0 Å². The summed E-state index contributed by atoms with van der Waals surface area (Å²) in [4.78, 5) is 15.0. The number of rotatable bonds is 6. The van der Waals surface area contributed by atoms with Gasteiger partial charge in [0, 0.05) is 19.6 Å². The molecule has 1 aliphatic rings. The van der Waals surface area contributed by atoms with E-state index in [0.29, 0.717) is 24.6 Å². The minimum absolute atomic E-state index is 0.0164. The number of ether oxygens (including phenoxy) is 1. The lowest BCUT2D eigenvalue weighted by Gasteiger charge is -2.31. The van der Waals surface area contributed by atoms with Crippen LogP contribution in [0.4, 0.5) is 0 Å². The van der Waals surface area contributed by atoms with Gasteiger partial charge in [-0.25, -0.2) is 0 Å². The third kappa shape index (κ3) is 4.25. The Hall–Kier alpha value is -1.46. The lowest BCUT2D eigenvalue weighted by Crippen LogP contribution is -2.42. The van der Waals surface area contributed by atoms with Gasteiger partial charge in [0.1, 0.15) is 6.10 Å². The van der Waals surface area contributed by atoms with E-state index in [2.05, 4.69) is 0 Å². The van der Waals surface area contributed by atoms with Crippen molar-refractivity contribution in [2.24, 2.45) is 5.73 Å². The highest BCUT2D eigenvalue weighted by atomic mass is 32.1. The first-order valence-electron chi connectivity index (χ1n) is 7.35. The second kappa shape index (κ2) is 7.52. The summed E-state index contributed by atoms with van der Waals surface area (Å²) in [5.74, 6) is 0.0418. The van der Waals surface area contributed by atoms with Gasteiger partial charge in [0.15, 0.2) is 0 Å². The average molecular weight is 306 g/mol. The van der Waals surface area contributed by atoms with Crippen LogP contribution in [0.25, 0.3) is 0 Å². The maximum Gasteiger partial charge on any atom is 0.252 e. The van der Waals surface area contributed by atoms with Crippen LogP contribution >= 0.6 is 12.2 Å². The zero-order valence-corrected chi connectivity index (χ0v) is 13.1. The predicted octanol–water partition coefficient (Wildman–Crippen LogP) is 2.43. The highest BCUT2D eigenvalue weighted by Crippen LogP contribution is 2.24. The molecule has 2 N–H and O–H groups in total. The highest BCUT2D eigenvalue weighted by molar-refractivity contribution is 7.80. The highest BCUT2D eigenvalue weighted by Gasteiger charge is 2.31. The molecule has 114 valence electrons. The van der Waals surface area contributed by atoms with Crippen molar-refractivity contribution in [2.45, 2.75) is 38.3 Å². The van der Waals surface area contributed by atoms with Gasteiger partial charge in [-0.15, -0.1) is 0 Å². The Morgan fingerprint density at radius 1 is 1.48 bits per heavy atom. The van der Waals surface area contributed by atoms with E-state index in [9.17, 15) is 4.79 Å². The molecule has 5 heteroatoms.